The molecule has 3 rings (SSSR count). The Balaban J connectivity index is 1.79. The van der Waals surface area contributed by atoms with E-state index in [1.807, 2.05) is 6.07 Å². The van der Waals surface area contributed by atoms with Gasteiger partial charge in [-0.1, -0.05) is 13.8 Å². The van der Waals surface area contributed by atoms with Gasteiger partial charge in [0.15, 0.2) is 0 Å². The van der Waals surface area contributed by atoms with Gasteiger partial charge in [0, 0.05) is 29.6 Å². The van der Waals surface area contributed by atoms with Crippen molar-refractivity contribution in [2.45, 2.75) is 19.8 Å². The van der Waals surface area contributed by atoms with Crippen molar-refractivity contribution in [3.63, 3.8) is 0 Å². The summed E-state index contributed by atoms with van der Waals surface area (Å²) in [7, 11) is 0. The van der Waals surface area contributed by atoms with Gasteiger partial charge in [-0.25, -0.2) is 19.9 Å². The summed E-state index contributed by atoms with van der Waals surface area (Å²) in [5.74, 6) is 2.11. The summed E-state index contributed by atoms with van der Waals surface area (Å²) in [5.41, 5.74) is 8.33. The highest BCUT2D eigenvalue weighted by molar-refractivity contribution is 5.57. The van der Waals surface area contributed by atoms with E-state index < -0.39 is 0 Å². The van der Waals surface area contributed by atoms with Crippen LogP contribution in [0.4, 0.5) is 5.95 Å². The molecule has 0 bridgehead atoms. The Hall–Kier alpha value is -2.08. The first-order valence-corrected chi connectivity index (χ1v) is 7.31. The average Bonchev–Trinajstić information content (AvgIpc) is 3.16. The minimum atomic E-state index is 0.273. The third kappa shape index (κ3) is 2.85. The van der Waals surface area contributed by atoms with E-state index in [-0.39, 0.29) is 5.95 Å². The minimum Gasteiger partial charge on any atom is -0.368 e. The van der Waals surface area contributed by atoms with Crippen LogP contribution in [0.5, 0.6) is 0 Å². The van der Waals surface area contributed by atoms with Gasteiger partial charge in [0.25, 0.3) is 0 Å². The van der Waals surface area contributed by atoms with Crippen LogP contribution in [0.1, 0.15) is 25.5 Å². The smallest absolute Gasteiger partial charge is 0.219 e. The van der Waals surface area contributed by atoms with Gasteiger partial charge in [-0.3, -0.25) is 0 Å². The topological polar surface area (TPSA) is 89.6 Å². The minimum absolute atomic E-state index is 0.273. The van der Waals surface area contributed by atoms with Crippen molar-refractivity contribution in [1.82, 2.24) is 25.3 Å². The molecule has 3 N–H and O–H groups in total. The van der Waals surface area contributed by atoms with Crippen molar-refractivity contribution in [2.24, 2.45) is 11.8 Å². The molecule has 21 heavy (non-hydrogen) atoms. The van der Waals surface area contributed by atoms with E-state index in [1.54, 1.807) is 18.7 Å². The molecule has 2 aromatic heterocycles. The van der Waals surface area contributed by atoms with E-state index in [0.717, 1.165) is 30.0 Å². The van der Waals surface area contributed by atoms with Crippen molar-refractivity contribution in [3.05, 3.63) is 30.5 Å². The lowest BCUT2D eigenvalue weighted by molar-refractivity contribution is 0.625. The van der Waals surface area contributed by atoms with Gasteiger partial charge in [0.2, 0.25) is 5.95 Å². The second-order valence-electron chi connectivity index (χ2n) is 5.51. The number of aromatic nitrogens is 4. The zero-order chi connectivity index (χ0) is 14.8. The first kappa shape index (κ1) is 13.9. The predicted octanol–water partition coefficient (Wildman–Crippen LogP) is 1.47. The van der Waals surface area contributed by atoms with E-state index in [9.17, 15) is 0 Å². The van der Waals surface area contributed by atoms with Gasteiger partial charge in [-0.2, -0.15) is 0 Å². The molecule has 1 aliphatic rings. The number of hydrogen-bond donors (Lipinski definition) is 2. The molecule has 1 aliphatic carbocycles. The molecule has 0 saturated heterocycles. The number of nitrogens with zero attached hydrogens (tertiary/aromatic N) is 4. The number of anilines is 1. The second-order valence-corrected chi connectivity index (χ2v) is 5.51. The maximum Gasteiger partial charge on any atom is 0.219 e. The van der Waals surface area contributed by atoms with E-state index in [4.69, 9.17) is 5.73 Å². The highest BCUT2D eigenvalue weighted by Gasteiger charge is 2.47. The molecule has 6 nitrogen and oxygen atoms in total. The van der Waals surface area contributed by atoms with Gasteiger partial charge in [-0.05, 0) is 31.0 Å². The average molecular weight is 284 g/mol. The van der Waals surface area contributed by atoms with Crippen molar-refractivity contribution < 1.29 is 0 Å². The molecule has 0 aliphatic heterocycles. The lowest BCUT2D eigenvalue weighted by atomic mass is 10.1. The van der Waals surface area contributed by atoms with Crippen molar-refractivity contribution in [3.8, 4) is 11.3 Å². The van der Waals surface area contributed by atoms with Crippen molar-refractivity contribution in [2.75, 3.05) is 18.8 Å². The van der Waals surface area contributed by atoms with E-state index in [0.29, 0.717) is 17.8 Å². The second kappa shape index (κ2) is 5.73. The van der Waals surface area contributed by atoms with E-state index >= 15 is 0 Å². The molecule has 1 fully saturated rings. The molecule has 0 amide bonds. The van der Waals surface area contributed by atoms with Gasteiger partial charge in [0.1, 0.15) is 6.33 Å². The van der Waals surface area contributed by atoms with Gasteiger partial charge in [-0.15, -0.1) is 0 Å². The number of hydrogen-bond acceptors (Lipinski definition) is 6. The number of nitrogens with one attached hydrogen (secondary N) is 1. The maximum atomic E-state index is 5.51. The normalized spacial score (nSPS) is 24.0. The molecule has 2 aromatic rings. The molecule has 6 heteroatoms. The van der Waals surface area contributed by atoms with Gasteiger partial charge in [0.05, 0.1) is 5.69 Å². The van der Waals surface area contributed by atoms with Crippen LogP contribution in [-0.2, 0) is 0 Å². The van der Waals surface area contributed by atoms with E-state index in [2.05, 4.69) is 39.1 Å². The predicted molar refractivity (Wildman–Crippen MR) is 81.4 cm³/mol. The monoisotopic (exact) mass is 284 g/mol. The zero-order valence-electron chi connectivity index (χ0n) is 12.3. The summed E-state index contributed by atoms with van der Waals surface area (Å²) in [5, 5.41) is 3.42. The summed E-state index contributed by atoms with van der Waals surface area (Å²) < 4.78 is 0. The van der Waals surface area contributed by atoms with Crippen LogP contribution >= 0.6 is 0 Å². The van der Waals surface area contributed by atoms with Crippen LogP contribution in [0.25, 0.3) is 11.3 Å². The van der Waals surface area contributed by atoms with Crippen LogP contribution in [-0.4, -0.2) is 33.0 Å². The SMILES string of the molecule is CCNC[C@H]1C(c2cc(-c3cnc(N)nc3)ncn2)[C@H]1C. The molecular formula is C15H20N6. The number of nitrogen functional groups attached to an aromatic ring is 1. The van der Waals surface area contributed by atoms with Crippen molar-refractivity contribution >= 4 is 5.95 Å². The third-order valence-corrected chi connectivity index (χ3v) is 4.19. The van der Waals surface area contributed by atoms with Crippen LogP contribution in [0, 0.1) is 11.8 Å². The van der Waals surface area contributed by atoms with Crippen LogP contribution in [0.15, 0.2) is 24.8 Å². The maximum absolute atomic E-state index is 5.51. The summed E-state index contributed by atoms with van der Waals surface area (Å²) in [4.78, 5) is 16.8. The standard InChI is InChI=1S/C15H20N6/c1-3-17-7-11-9(2)14(11)13-4-12(20-8-21-13)10-5-18-15(16)19-6-10/h4-6,8-9,11,14,17H,3,7H2,1-2H3,(H2,16,18,19)/t9-,11+,14?/m0/s1. The number of rotatable bonds is 5. The Morgan fingerprint density at radius 2 is 1.95 bits per heavy atom. The summed E-state index contributed by atoms with van der Waals surface area (Å²) in [6.45, 7) is 6.47. The third-order valence-electron chi connectivity index (χ3n) is 4.19. The first-order chi connectivity index (χ1) is 10.2. The molecule has 3 atom stereocenters. The largest absolute Gasteiger partial charge is 0.368 e. The Bertz CT molecular complexity index is 612. The fourth-order valence-corrected chi connectivity index (χ4v) is 2.84. The Kier molecular flexibility index (Phi) is 3.79. The fraction of sp³-hybridized carbons (Fsp3) is 0.467. The lowest BCUT2D eigenvalue weighted by Gasteiger charge is -2.04. The Morgan fingerprint density at radius 1 is 1.19 bits per heavy atom. The molecular weight excluding hydrogens is 264 g/mol. The molecule has 0 aromatic carbocycles. The fourth-order valence-electron chi connectivity index (χ4n) is 2.84. The van der Waals surface area contributed by atoms with Crippen LogP contribution in [0.2, 0.25) is 0 Å². The van der Waals surface area contributed by atoms with Crippen LogP contribution < -0.4 is 11.1 Å². The molecule has 1 unspecified atom stereocenters. The van der Waals surface area contributed by atoms with Crippen LogP contribution in [0.3, 0.4) is 0 Å². The molecule has 0 spiro atoms. The Morgan fingerprint density at radius 3 is 2.67 bits per heavy atom. The van der Waals surface area contributed by atoms with Crippen molar-refractivity contribution in [1.29, 1.82) is 0 Å². The highest BCUT2D eigenvalue weighted by Crippen LogP contribution is 2.52. The van der Waals surface area contributed by atoms with E-state index in [1.165, 1.54) is 0 Å². The lowest BCUT2D eigenvalue weighted by Crippen LogP contribution is -2.16. The summed E-state index contributed by atoms with van der Waals surface area (Å²) in [6, 6.07) is 2.04. The quantitative estimate of drug-likeness (QED) is 0.864. The van der Waals surface area contributed by atoms with Gasteiger partial charge >= 0.3 is 0 Å². The molecule has 0 radical (unpaired) electrons. The van der Waals surface area contributed by atoms with Gasteiger partial charge < -0.3 is 11.1 Å². The number of nitrogens with two attached hydrogens (primary N) is 1. The Labute approximate surface area is 124 Å². The molecule has 110 valence electrons. The molecule has 1 saturated carbocycles. The zero-order valence-corrected chi connectivity index (χ0v) is 12.3. The first-order valence-electron chi connectivity index (χ1n) is 7.31. The molecule has 2 heterocycles. The highest BCUT2D eigenvalue weighted by atomic mass is 15.0. The summed E-state index contributed by atoms with van der Waals surface area (Å²) in [6.07, 6.45) is 5.01. The summed E-state index contributed by atoms with van der Waals surface area (Å²) >= 11 is 0.